The van der Waals surface area contributed by atoms with Crippen LogP contribution in [-0.4, -0.2) is 36.7 Å². The minimum Gasteiger partial charge on any atom is -0.433 e. The first-order valence-corrected chi connectivity index (χ1v) is 5.24. The lowest BCUT2D eigenvalue weighted by Crippen LogP contribution is -2.23. The van der Waals surface area contributed by atoms with Gasteiger partial charge < -0.3 is 9.47 Å². The van der Waals surface area contributed by atoms with Crippen LogP contribution in [0.2, 0.25) is 0 Å². The molecule has 1 rings (SSSR count). The summed E-state index contributed by atoms with van der Waals surface area (Å²) in [5.41, 5.74) is 0. The zero-order valence-electron chi connectivity index (χ0n) is 8.10. The number of hydrogen-bond donors (Lipinski definition) is 1. The van der Waals surface area contributed by atoms with Crippen LogP contribution in [-0.2, 0) is 19.1 Å². The first kappa shape index (κ1) is 12.0. The van der Waals surface area contributed by atoms with Crippen molar-refractivity contribution >= 4 is 30.4 Å². The summed E-state index contributed by atoms with van der Waals surface area (Å²) in [6.07, 6.45) is -0.367. The molecule has 0 aromatic heterocycles. The molecule has 1 aliphatic carbocycles. The predicted octanol–water partition coefficient (Wildman–Crippen LogP) is 0.618. The lowest BCUT2D eigenvalue weighted by atomic mass is 10.1. The number of Topliss-reactive ketones (excluding diaryl/α,β-unsaturated/α-hetero) is 2. The molecule has 0 heterocycles. The summed E-state index contributed by atoms with van der Waals surface area (Å²) in [7, 11) is 0. The van der Waals surface area contributed by atoms with E-state index in [4.69, 9.17) is 0 Å². The lowest BCUT2D eigenvalue weighted by Gasteiger charge is -2.07. The third-order valence-electron chi connectivity index (χ3n) is 2.07. The maximum atomic E-state index is 11.1. The van der Waals surface area contributed by atoms with Gasteiger partial charge in [0.05, 0.1) is 0 Å². The highest BCUT2D eigenvalue weighted by atomic mass is 32.1. The molecule has 0 spiro atoms. The van der Waals surface area contributed by atoms with Crippen molar-refractivity contribution in [3.63, 3.8) is 0 Å². The zero-order valence-corrected chi connectivity index (χ0v) is 9.00. The van der Waals surface area contributed by atoms with Crippen LogP contribution in [0.1, 0.15) is 12.8 Å². The molecule has 1 fully saturated rings. The minimum absolute atomic E-state index is 0.147. The highest BCUT2D eigenvalue weighted by Crippen LogP contribution is 2.17. The van der Waals surface area contributed by atoms with E-state index in [1.54, 1.807) is 0 Å². The van der Waals surface area contributed by atoms with E-state index in [9.17, 15) is 14.4 Å². The average Bonchev–Trinajstić information content (AvgIpc) is 2.53. The molecule has 0 aromatic rings. The molecule has 15 heavy (non-hydrogen) atoms. The van der Waals surface area contributed by atoms with Crippen molar-refractivity contribution in [3.8, 4) is 0 Å². The summed E-state index contributed by atoms with van der Waals surface area (Å²) in [4.78, 5) is 33.2. The predicted molar refractivity (Wildman–Crippen MR) is 53.9 cm³/mol. The molecular weight excluding hydrogens is 220 g/mol. The van der Waals surface area contributed by atoms with Crippen LogP contribution < -0.4 is 0 Å². The van der Waals surface area contributed by atoms with Crippen LogP contribution in [0.15, 0.2) is 0 Å². The number of rotatable bonds is 4. The van der Waals surface area contributed by atoms with Gasteiger partial charge in [-0.05, 0) is 0 Å². The Labute approximate surface area is 92.5 Å². The average molecular weight is 232 g/mol. The van der Waals surface area contributed by atoms with Crippen molar-refractivity contribution in [2.24, 2.45) is 5.92 Å². The molecule has 0 aromatic carbocycles. The van der Waals surface area contributed by atoms with Gasteiger partial charge in [0.2, 0.25) is 0 Å². The van der Waals surface area contributed by atoms with E-state index in [-0.39, 0.29) is 37.6 Å². The van der Waals surface area contributed by atoms with Gasteiger partial charge in [-0.2, -0.15) is 12.6 Å². The monoisotopic (exact) mass is 232 g/mol. The highest BCUT2D eigenvalue weighted by Gasteiger charge is 2.33. The highest BCUT2D eigenvalue weighted by molar-refractivity contribution is 7.80. The summed E-state index contributed by atoms with van der Waals surface area (Å²) in [5.74, 6) is -0.714. The molecular formula is C9H12O5S. The summed E-state index contributed by atoms with van der Waals surface area (Å²) in [5, 5.41) is 0. The second-order valence-corrected chi connectivity index (χ2v) is 3.57. The fourth-order valence-electron chi connectivity index (χ4n) is 1.28. The third kappa shape index (κ3) is 3.54. The van der Waals surface area contributed by atoms with Gasteiger partial charge in [-0.1, -0.05) is 0 Å². The molecule has 0 amide bonds. The Balaban J connectivity index is 2.27. The number of ether oxygens (including phenoxy) is 2. The standard InChI is InChI=1S/C9H12O5S/c10-7-1-2-8(11)6(7)5-14-9(12)13-3-4-15/h6,15H,1-5H2. The number of carbonyl (C=O) groups excluding carboxylic acids is 3. The quantitative estimate of drug-likeness (QED) is 0.437. The van der Waals surface area contributed by atoms with Gasteiger partial charge in [0.1, 0.15) is 30.7 Å². The Morgan fingerprint density at radius 1 is 1.27 bits per heavy atom. The third-order valence-corrected chi connectivity index (χ3v) is 2.26. The van der Waals surface area contributed by atoms with Gasteiger partial charge in [0.25, 0.3) is 0 Å². The van der Waals surface area contributed by atoms with E-state index in [0.717, 1.165) is 0 Å². The van der Waals surface area contributed by atoms with Crippen LogP contribution in [0.4, 0.5) is 4.79 Å². The molecule has 0 radical (unpaired) electrons. The van der Waals surface area contributed by atoms with Gasteiger partial charge in [-0.3, -0.25) is 9.59 Å². The molecule has 0 unspecified atom stereocenters. The van der Waals surface area contributed by atoms with Crippen molar-refractivity contribution < 1.29 is 23.9 Å². The minimum atomic E-state index is -0.864. The molecule has 6 heteroatoms. The van der Waals surface area contributed by atoms with Gasteiger partial charge in [-0.15, -0.1) is 0 Å². The van der Waals surface area contributed by atoms with Crippen LogP contribution in [0.3, 0.4) is 0 Å². The number of carbonyl (C=O) groups is 3. The smallest absolute Gasteiger partial charge is 0.433 e. The van der Waals surface area contributed by atoms with E-state index in [1.165, 1.54) is 0 Å². The first-order chi connectivity index (χ1) is 7.15. The fourth-order valence-corrected chi connectivity index (χ4v) is 1.37. The van der Waals surface area contributed by atoms with Crippen LogP contribution in [0.25, 0.3) is 0 Å². The molecule has 0 N–H and O–H groups in total. The van der Waals surface area contributed by atoms with E-state index >= 15 is 0 Å². The summed E-state index contributed by atoms with van der Waals surface area (Å²) >= 11 is 3.84. The SMILES string of the molecule is O=C(OCCS)OCC1C(=O)CCC1=O. The van der Waals surface area contributed by atoms with Crippen LogP contribution in [0, 0.1) is 5.92 Å². The van der Waals surface area contributed by atoms with Gasteiger partial charge in [0, 0.05) is 18.6 Å². The van der Waals surface area contributed by atoms with Crippen molar-refractivity contribution in [3.05, 3.63) is 0 Å². The Morgan fingerprint density at radius 3 is 2.40 bits per heavy atom. The molecule has 0 atom stereocenters. The Bertz CT molecular complexity index is 260. The molecule has 0 aliphatic heterocycles. The molecule has 84 valence electrons. The van der Waals surface area contributed by atoms with E-state index in [1.807, 2.05) is 0 Å². The first-order valence-electron chi connectivity index (χ1n) is 4.61. The van der Waals surface area contributed by atoms with E-state index in [0.29, 0.717) is 5.75 Å². The van der Waals surface area contributed by atoms with E-state index in [2.05, 4.69) is 22.1 Å². The molecule has 0 bridgehead atoms. The number of thiol groups is 1. The molecule has 5 nitrogen and oxygen atoms in total. The number of ketones is 2. The Morgan fingerprint density at radius 2 is 1.87 bits per heavy atom. The van der Waals surface area contributed by atoms with Gasteiger partial charge in [-0.25, -0.2) is 4.79 Å². The van der Waals surface area contributed by atoms with Crippen molar-refractivity contribution in [2.75, 3.05) is 19.0 Å². The van der Waals surface area contributed by atoms with E-state index < -0.39 is 12.1 Å². The van der Waals surface area contributed by atoms with Gasteiger partial charge in [0.15, 0.2) is 0 Å². The summed E-state index contributed by atoms with van der Waals surface area (Å²) in [6.45, 7) is -0.0580. The molecule has 0 saturated heterocycles. The van der Waals surface area contributed by atoms with Crippen molar-refractivity contribution in [1.29, 1.82) is 0 Å². The maximum Gasteiger partial charge on any atom is 0.508 e. The second-order valence-electron chi connectivity index (χ2n) is 3.12. The number of hydrogen-bond acceptors (Lipinski definition) is 6. The topological polar surface area (TPSA) is 69.7 Å². The normalized spacial score (nSPS) is 16.9. The van der Waals surface area contributed by atoms with Gasteiger partial charge >= 0.3 is 6.16 Å². The fraction of sp³-hybridized carbons (Fsp3) is 0.667. The maximum absolute atomic E-state index is 11.1. The Kier molecular flexibility index (Phi) is 4.61. The lowest BCUT2D eigenvalue weighted by molar-refractivity contribution is -0.128. The molecule has 1 saturated carbocycles. The summed E-state index contributed by atoms with van der Waals surface area (Å²) < 4.78 is 9.19. The Hall–Kier alpha value is -1.04. The van der Waals surface area contributed by atoms with Crippen LogP contribution >= 0.6 is 12.6 Å². The molecule has 1 aliphatic rings. The second kappa shape index (κ2) is 5.75. The largest absolute Gasteiger partial charge is 0.508 e. The van der Waals surface area contributed by atoms with Crippen molar-refractivity contribution in [2.45, 2.75) is 12.8 Å². The summed E-state index contributed by atoms with van der Waals surface area (Å²) in [6, 6.07) is 0. The zero-order chi connectivity index (χ0) is 11.3. The van der Waals surface area contributed by atoms with Crippen LogP contribution in [0.5, 0.6) is 0 Å². The van der Waals surface area contributed by atoms with Crippen molar-refractivity contribution in [1.82, 2.24) is 0 Å².